The van der Waals surface area contributed by atoms with E-state index < -0.39 is 0 Å². The van der Waals surface area contributed by atoms with Gasteiger partial charge in [-0.05, 0) is 44.6 Å². The second kappa shape index (κ2) is 6.06. The third kappa shape index (κ3) is 3.32. The topological polar surface area (TPSA) is 50.7 Å². The van der Waals surface area contributed by atoms with Crippen molar-refractivity contribution in [2.24, 2.45) is 0 Å². The average molecular weight is 228 g/mol. The van der Waals surface area contributed by atoms with Gasteiger partial charge in [-0.1, -0.05) is 0 Å². The fraction of sp³-hybridized carbons (Fsp3) is 0.308. The highest BCUT2D eigenvalue weighted by Crippen LogP contribution is 2.13. The summed E-state index contributed by atoms with van der Waals surface area (Å²) in [5.74, 6) is 0.773. The van der Waals surface area contributed by atoms with Crippen LogP contribution in [0, 0.1) is 0 Å². The van der Waals surface area contributed by atoms with Crippen LogP contribution in [0.4, 0.5) is 0 Å². The van der Waals surface area contributed by atoms with Crippen molar-refractivity contribution in [1.29, 1.82) is 0 Å². The van der Waals surface area contributed by atoms with Crippen molar-refractivity contribution in [3.63, 3.8) is 0 Å². The number of nitrogens with zero attached hydrogens (tertiary/aromatic N) is 3. The van der Waals surface area contributed by atoms with Crippen LogP contribution in [0.5, 0.6) is 0 Å². The standard InChI is InChI=1S/C13H16N4/c1-14-7-2-3-12-6-10-16-13(17-12)11-4-8-15-9-5-11/h4-6,8-10,14H,2-3,7H2,1H3. The predicted molar refractivity (Wildman–Crippen MR) is 67.5 cm³/mol. The van der Waals surface area contributed by atoms with Crippen molar-refractivity contribution < 1.29 is 0 Å². The molecule has 0 aromatic carbocycles. The van der Waals surface area contributed by atoms with Crippen LogP contribution in [0.2, 0.25) is 0 Å². The molecule has 0 aliphatic heterocycles. The van der Waals surface area contributed by atoms with E-state index in [0.717, 1.165) is 36.5 Å². The molecule has 17 heavy (non-hydrogen) atoms. The molecule has 0 unspecified atom stereocenters. The summed E-state index contributed by atoms with van der Waals surface area (Å²) in [4.78, 5) is 12.8. The summed E-state index contributed by atoms with van der Waals surface area (Å²) in [5.41, 5.74) is 2.09. The molecule has 0 aliphatic carbocycles. The van der Waals surface area contributed by atoms with E-state index in [4.69, 9.17) is 0 Å². The summed E-state index contributed by atoms with van der Waals surface area (Å²) in [6.45, 7) is 1.01. The molecule has 2 aromatic heterocycles. The zero-order chi connectivity index (χ0) is 11.9. The Morgan fingerprint density at radius 1 is 1.12 bits per heavy atom. The van der Waals surface area contributed by atoms with Crippen LogP contribution in [-0.4, -0.2) is 28.5 Å². The molecule has 0 bridgehead atoms. The minimum Gasteiger partial charge on any atom is -0.320 e. The van der Waals surface area contributed by atoms with E-state index >= 15 is 0 Å². The summed E-state index contributed by atoms with van der Waals surface area (Å²) >= 11 is 0. The predicted octanol–water partition coefficient (Wildman–Crippen LogP) is 1.69. The number of hydrogen-bond acceptors (Lipinski definition) is 4. The van der Waals surface area contributed by atoms with Crippen LogP contribution >= 0.6 is 0 Å². The average Bonchev–Trinajstić information content (AvgIpc) is 2.41. The van der Waals surface area contributed by atoms with E-state index in [-0.39, 0.29) is 0 Å². The Hall–Kier alpha value is -1.81. The van der Waals surface area contributed by atoms with Gasteiger partial charge in [0.05, 0.1) is 0 Å². The zero-order valence-electron chi connectivity index (χ0n) is 9.93. The van der Waals surface area contributed by atoms with Gasteiger partial charge in [-0.15, -0.1) is 0 Å². The first-order valence-electron chi connectivity index (χ1n) is 5.77. The van der Waals surface area contributed by atoms with Gasteiger partial charge in [-0.3, -0.25) is 4.98 Å². The highest BCUT2D eigenvalue weighted by atomic mass is 14.9. The third-order valence-electron chi connectivity index (χ3n) is 2.51. The maximum atomic E-state index is 4.55. The minimum atomic E-state index is 0.773. The van der Waals surface area contributed by atoms with Crippen molar-refractivity contribution >= 4 is 0 Å². The van der Waals surface area contributed by atoms with Crippen LogP contribution in [0.3, 0.4) is 0 Å². The Labute approximate surface area is 101 Å². The fourth-order valence-corrected chi connectivity index (χ4v) is 1.62. The highest BCUT2D eigenvalue weighted by molar-refractivity contribution is 5.53. The van der Waals surface area contributed by atoms with Gasteiger partial charge in [0.25, 0.3) is 0 Å². The zero-order valence-corrected chi connectivity index (χ0v) is 9.93. The van der Waals surface area contributed by atoms with Crippen LogP contribution in [-0.2, 0) is 6.42 Å². The second-order valence-electron chi connectivity index (χ2n) is 3.81. The fourth-order valence-electron chi connectivity index (χ4n) is 1.62. The summed E-state index contributed by atoms with van der Waals surface area (Å²) in [6.07, 6.45) is 7.39. The molecular formula is C13H16N4. The lowest BCUT2D eigenvalue weighted by Crippen LogP contribution is -2.09. The number of nitrogens with one attached hydrogen (secondary N) is 1. The van der Waals surface area contributed by atoms with E-state index in [2.05, 4.69) is 20.3 Å². The van der Waals surface area contributed by atoms with Gasteiger partial charge in [0.15, 0.2) is 5.82 Å². The molecular weight excluding hydrogens is 212 g/mol. The first-order chi connectivity index (χ1) is 8.40. The van der Waals surface area contributed by atoms with E-state index in [1.165, 1.54) is 0 Å². The highest BCUT2D eigenvalue weighted by Gasteiger charge is 2.01. The van der Waals surface area contributed by atoms with Gasteiger partial charge in [0.2, 0.25) is 0 Å². The van der Waals surface area contributed by atoms with Crippen LogP contribution in [0.1, 0.15) is 12.1 Å². The molecule has 4 heteroatoms. The Bertz CT molecular complexity index is 456. The molecule has 0 aliphatic rings. The number of aromatic nitrogens is 3. The Morgan fingerprint density at radius 3 is 2.71 bits per heavy atom. The Morgan fingerprint density at radius 2 is 1.94 bits per heavy atom. The van der Waals surface area contributed by atoms with Gasteiger partial charge in [0.1, 0.15) is 0 Å². The molecule has 0 fully saturated rings. The molecule has 0 radical (unpaired) electrons. The number of aryl methyl sites for hydroxylation is 1. The monoisotopic (exact) mass is 228 g/mol. The van der Waals surface area contributed by atoms with E-state index in [9.17, 15) is 0 Å². The maximum absolute atomic E-state index is 4.55. The van der Waals surface area contributed by atoms with E-state index in [0.29, 0.717) is 0 Å². The van der Waals surface area contributed by atoms with Crippen LogP contribution in [0.25, 0.3) is 11.4 Å². The largest absolute Gasteiger partial charge is 0.320 e. The molecule has 1 N–H and O–H groups in total. The van der Waals surface area contributed by atoms with Gasteiger partial charge in [-0.2, -0.15) is 0 Å². The molecule has 0 saturated heterocycles. The van der Waals surface area contributed by atoms with E-state index in [1.807, 2.05) is 31.4 Å². The Kier molecular flexibility index (Phi) is 4.16. The van der Waals surface area contributed by atoms with Crippen LogP contribution in [0.15, 0.2) is 36.8 Å². The summed E-state index contributed by atoms with van der Waals surface area (Å²) < 4.78 is 0. The molecule has 2 aromatic rings. The molecule has 0 amide bonds. The number of pyridine rings is 1. The van der Waals surface area contributed by atoms with E-state index in [1.54, 1.807) is 12.4 Å². The Balaban J connectivity index is 2.12. The first-order valence-corrected chi connectivity index (χ1v) is 5.77. The maximum Gasteiger partial charge on any atom is 0.159 e. The van der Waals surface area contributed by atoms with Gasteiger partial charge >= 0.3 is 0 Å². The molecule has 0 spiro atoms. The molecule has 0 atom stereocenters. The molecule has 2 rings (SSSR count). The molecule has 4 nitrogen and oxygen atoms in total. The second-order valence-corrected chi connectivity index (χ2v) is 3.81. The van der Waals surface area contributed by atoms with Crippen molar-refractivity contribution in [2.75, 3.05) is 13.6 Å². The number of hydrogen-bond donors (Lipinski definition) is 1. The normalized spacial score (nSPS) is 10.4. The van der Waals surface area contributed by atoms with Crippen molar-refractivity contribution in [3.8, 4) is 11.4 Å². The summed E-state index contributed by atoms with van der Waals surface area (Å²) in [6, 6.07) is 5.82. The molecule has 2 heterocycles. The molecule has 0 saturated carbocycles. The van der Waals surface area contributed by atoms with Crippen molar-refractivity contribution in [3.05, 3.63) is 42.5 Å². The lowest BCUT2D eigenvalue weighted by molar-refractivity contribution is 0.714. The number of rotatable bonds is 5. The smallest absolute Gasteiger partial charge is 0.159 e. The summed E-state index contributed by atoms with van der Waals surface area (Å²) in [7, 11) is 1.96. The lowest BCUT2D eigenvalue weighted by atomic mass is 10.2. The minimum absolute atomic E-state index is 0.773. The van der Waals surface area contributed by atoms with Crippen LogP contribution < -0.4 is 5.32 Å². The summed E-state index contributed by atoms with van der Waals surface area (Å²) in [5, 5.41) is 3.13. The van der Waals surface area contributed by atoms with Gasteiger partial charge < -0.3 is 5.32 Å². The molecule has 88 valence electrons. The van der Waals surface area contributed by atoms with Gasteiger partial charge in [-0.25, -0.2) is 9.97 Å². The van der Waals surface area contributed by atoms with Gasteiger partial charge in [0, 0.05) is 29.8 Å². The lowest BCUT2D eigenvalue weighted by Gasteiger charge is -2.03. The van der Waals surface area contributed by atoms with Crippen molar-refractivity contribution in [2.45, 2.75) is 12.8 Å². The SMILES string of the molecule is CNCCCc1ccnc(-c2ccncc2)n1. The first kappa shape index (κ1) is 11.7. The third-order valence-corrected chi connectivity index (χ3v) is 2.51. The van der Waals surface area contributed by atoms with Crippen molar-refractivity contribution in [1.82, 2.24) is 20.3 Å². The quantitative estimate of drug-likeness (QED) is 0.791.